The van der Waals surface area contributed by atoms with Gasteiger partial charge in [0.2, 0.25) is 11.8 Å². The summed E-state index contributed by atoms with van der Waals surface area (Å²) in [6.45, 7) is 3.18. The van der Waals surface area contributed by atoms with Crippen LogP contribution in [0.4, 0.5) is 11.4 Å². The van der Waals surface area contributed by atoms with Crippen molar-refractivity contribution in [2.45, 2.75) is 51.0 Å². The number of carboxylic acid groups (broad SMARTS) is 1. The highest BCUT2D eigenvalue weighted by Gasteiger charge is 2.33. The molecule has 7 nitrogen and oxygen atoms in total. The van der Waals surface area contributed by atoms with Crippen LogP contribution in [0, 0.1) is 5.92 Å². The van der Waals surface area contributed by atoms with Gasteiger partial charge in [0.25, 0.3) is 0 Å². The Morgan fingerprint density at radius 1 is 0.906 bits per heavy atom. The maximum absolute atomic E-state index is 12.4. The number of amides is 2. The zero-order valence-corrected chi connectivity index (χ0v) is 18.6. The molecule has 0 unspecified atom stereocenters. The van der Waals surface area contributed by atoms with Gasteiger partial charge in [-0.05, 0) is 75.3 Å². The minimum atomic E-state index is -1.26. The summed E-state index contributed by atoms with van der Waals surface area (Å²) in [7, 11) is 0. The topological polar surface area (TPSA) is 108 Å². The lowest BCUT2D eigenvalue weighted by Crippen LogP contribution is -2.51. The lowest BCUT2D eigenvalue weighted by atomic mass is 9.78. The molecule has 1 saturated carbocycles. The van der Waals surface area contributed by atoms with Gasteiger partial charge in [-0.3, -0.25) is 9.59 Å². The molecule has 0 saturated heterocycles. The normalized spacial score (nSPS) is 18.4. The third kappa shape index (κ3) is 6.33. The van der Waals surface area contributed by atoms with E-state index in [1.54, 1.807) is 0 Å². The van der Waals surface area contributed by atoms with Gasteiger partial charge in [0.1, 0.15) is 5.54 Å². The Hall–Kier alpha value is -3.35. The smallest absolute Gasteiger partial charge is 0.328 e. The summed E-state index contributed by atoms with van der Waals surface area (Å²) in [5.41, 5.74) is 1.58. The quantitative estimate of drug-likeness (QED) is 0.499. The summed E-state index contributed by atoms with van der Waals surface area (Å²) in [6.07, 6.45) is 3.21. The summed E-state index contributed by atoms with van der Waals surface area (Å²) in [4.78, 5) is 35.8. The molecule has 0 bridgehead atoms. The number of nitrogens with one attached hydrogen (secondary N) is 3. The number of benzene rings is 2. The van der Waals surface area contributed by atoms with E-state index < -0.39 is 11.5 Å². The summed E-state index contributed by atoms with van der Waals surface area (Å²) in [5.74, 6) is -1.13. The van der Waals surface area contributed by atoms with Crippen LogP contribution in [0.2, 0.25) is 0 Å². The standard InChI is InChI=1S/C25H31N3O4/c1-25(2,24(31)32)28-23(30)19-10-8-17(9-11-19)18-12-14-21(15-13-18)27-22(29)16-26-20-6-4-3-5-7-20/h3-7,12-15,17,19,26H,8-11,16H2,1-2H3,(H,27,29)(H,28,30)(H,31,32)/t17-,19+. The molecule has 2 aromatic carbocycles. The number of anilines is 2. The van der Waals surface area contributed by atoms with Crippen molar-refractivity contribution in [3.63, 3.8) is 0 Å². The molecule has 0 aromatic heterocycles. The monoisotopic (exact) mass is 437 g/mol. The number of hydrogen-bond donors (Lipinski definition) is 4. The fourth-order valence-corrected chi connectivity index (χ4v) is 3.93. The molecule has 0 spiro atoms. The zero-order chi connectivity index (χ0) is 23.1. The van der Waals surface area contributed by atoms with Crippen molar-refractivity contribution in [1.82, 2.24) is 5.32 Å². The second kappa shape index (κ2) is 10.3. The van der Waals surface area contributed by atoms with Crippen molar-refractivity contribution in [2.75, 3.05) is 17.2 Å². The van der Waals surface area contributed by atoms with E-state index in [1.807, 2.05) is 54.6 Å². The highest BCUT2D eigenvalue weighted by molar-refractivity contribution is 5.93. The van der Waals surface area contributed by atoms with E-state index in [0.29, 0.717) is 5.92 Å². The van der Waals surface area contributed by atoms with Crippen LogP contribution in [0.3, 0.4) is 0 Å². The SMILES string of the molecule is CC(C)(NC(=O)[C@H]1CC[C@@H](c2ccc(NC(=O)CNc3ccccc3)cc2)CC1)C(=O)O. The van der Waals surface area contributed by atoms with Gasteiger partial charge in [0.15, 0.2) is 0 Å². The Balaban J connectivity index is 1.46. The Morgan fingerprint density at radius 3 is 2.12 bits per heavy atom. The van der Waals surface area contributed by atoms with Crippen LogP contribution in [0.5, 0.6) is 0 Å². The minimum Gasteiger partial charge on any atom is -0.480 e. The Bertz CT molecular complexity index is 933. The van der Waals surface area contributed by atoms with Crippen LogP contribution in [-0.4, -0.2) is 35.0 Å². The average molecular weight is 438 g/mol. The highest BCUT2D eigenvalue weighted by Crippen LogP contribution is 2.36. The van der Waals surface area contributed by atoms with E-state index in [0.717, 1.165) is 37.1 Å². The first-order valence-electron chi connectivity index (χ1n) is 11.0. The van der Waals surface area contributed by atoms with Crippen molar-refractivity contribution in [2.24, 2.45) is 5.92 Å². The number of carbonyl (C=O) groups excluding carboxylic acids is 2. The van der Waals surface area contributed by atoms with Gasteiger partial charge in [0.05, 0.1) is 6.54 Å². The predicted octanol–water partition coefficient (Wildman–Crippen LogP) is 3.99. The first kappa shape index (κ1) is 23.3. The van der Waals surface area contributed by atoms with Gasteiger partial charge in [-0.2, -0.15) is 0 Å². The third-order valence-electron chi connectivity index (χ3n) is 5.96. The van der Waals surface area contributed by atoms with Crippen molar-refractivity contribution in [3.05, 3.63) is 60.2 Å². The van der Waals surface area contributed by atoms with Crippen molar-refractivity contribution in [3.8, 4) is 0 Å². The molecule has 0 atom stereocenters. The number of hydrogen-bond acceptors (Lipinski definition) is 4. The summed E-state index contributed by atoms with van der Waals surface area (Å²) < 4.78 is 0. The van der Waals surface area contributed by atoms with E-state index in [4.69, 9.17) is 0 Å². The Labute approximate surface area is 188 Å². The lowest BCUT2D eigenvalue weighted by molar-refractivity contribution is -0.146. The predicted molar refractivity (Wildman–Crippen MR) is 125 cm³/mol. The van der Waals surface area contributed by atoms with Gasteiger partial charge in [-0.1, -0.05) is 30.3 Å². The largest absolute Gasteiger partial charge is 0.480 e. The molecule has 0 radical (unpaired) electrons. The number of carbonyl (C=O) groups is 3. The fourth-order valence-electron chi connectivity index (χ4n) is 3.93. The second-order valence-corrected chi connectivity index (χ2v) is 8.86. The van der Waals surface area contributed by atoms with Crippen LogP contribution in [0.1, 0.15) is 51.0 Å². The van der Waals surface area contributed by atoms with E-state index in [9.17, 15) is 19.5 Å². The molecule has 170 valence electrons. The molecule has 0 heterocycles. The molecule has 3 rings (SSSR count). The summed E-state index contributed by atoms with van der Waals surface area (Å²) in [5, 5.41) is 17.8. The summed E-state index contributed by atoms with van der Waals surface area (Å²) >= 11 is 0. The van der Waals surface area contributed by atoms with Crippen LogP contribution < -0.4 is 16.0 Å². The number of carboxylic acids is 1. The number of aliphatic carboxylic acids is 1. The molecule has 1 fully saturated rings. The molecule has 2 aromatic rings. The molecule has 1 aliphatic carbocycles. The molecule has 32 heavy (non-hydrogen) atoms. The van der Waals surface area contributed by atoms with Gasteiger partial charge < -0.3 is 21.1 Å². The first-order chi connectivity index (χ1) is 15.2. The van der Waals surface area contributed by atoms with E-state index in [1.165, 1.54) is 19.4 Å². The fraction of sp³-hybridized carbons (Fsp3) is 0.400. The van der Waals surface area contributed by atoms with Gasteiger partial charge in [0, 0.05) is 17.3 Å². The van der Waals surface area contributed by atoms with Crippen molar-refractivity contribution >= 4 is 29.2 Å². The Kier molecular flexibility index (Phi) is 7.51. The van der Waals surface area contributed by atoms with Gasteiger partial charge in [-0.15, -0.1) is 0 Å². The zero-order valence-electron chi connectivity index (χ0n) is 18.6. The van der Waals surface area contributed by atoms with E-state index in [2.05, 4.69) is 16.0 Å². The van der Waals surface area contributed by atoms with Crippen molar-refractivity contribution in [1.29, 1.82) is 0 Å². The average Bonchev–Trinajstić information content (AvgIpc) is 2.78. The molecule has 4 N–H and O–H groups in total. The van der Waals surface area contributed by atoms with E-state index >= 15 is 0 Å². The molecular formula is C25H31N3O4. The molecule has 1 aliphatic rings. The maximum atomic E-state index is 12.4. The van der Waals surface area contributed by atoms with Gasteiger partial charge >= 0.3 is 5.97 Å². The van der Waals surface area contributed by atoms with Crippen LogP contribution in [0.25, 0.3) is 0 Å². The first-order valence-corrected chi connectivity index (χ1v) is 11.0. The molecule has 2 amide bonds. The van der Waals surface area contributed by atoms with Crippen LogP contribution in [-0.2, 0) is 14.4 Å². The molecular weight excluding hydrogens is 406 g/mol. The third-order valence-corrected chi connectivity index (χ3v) is 5.96. The number of para-hydroxylation sites is 1. The highest BCUT2D eigenvalue weighted by atomic mass is 16.4. The second-order valence-electron chi connectivity index (χ2n) is 8.86. The lowest BCUT2D eigenvalue weighted by Gasteiger charge is -2.30. The Morgan fingerprint density at radius 2 is 1.53 bits per heavy atom. The van der Waals surface area contributed by atoms with Crippen LogP contribution >= 0.6 is 0 Å². The molecule has 7 heteroatoms. The van der Waals surface area contributed by atoms with Crippen LogP contribution in [0.15, 0.2) is 54.6 Å². The molecule has 0 aliphatic heterocycles. The summed E-state index contributed by atoms with van der Waals surface area (Å²) in [6, 6.07) is 17.4. The van der Waals surface area contributed by atoms with Gasteiger partial charge in [-0.25, -0.2) is 4.79 Å². The van der Waals surface area contributed by atoms with Crippen molar-refractivity contribution < 1.29 is 19.5 Å². The van der Waals surface area contributed by atoms with E-state index in [-0.39, 0.29) is 24.3 Å². The number of rotatable bonds is 8. The minimum absolute atomic E-state index is 0.114. The maximum Gasteiger partial charge on any atom is 0.328 e.